The molecule has 0 aromatic heterocycles. The van der Waals surface area contributed by atoms with Gasteiger partial charge in [-0.3, -0.25) is 23.4 Å². The number of aliphatic carboxylic acids is 1. The van der Waals surface area contributed by atoms with Crippen LogP contribution in [0.5, 0.6) is 0 Å². The summed E-state index contributed by atoms with van der Waals surface area (Å²) in [6, 6.07) is -1.52. The molecule has 0 radical (unpaired) electrons. The first-order valence-electron chi connectivity index (χ1n) is 19.4. The van der Waals surface area contributed by atoms with Crippen molar-refractivity contribution in [3.8, 4) is 0 Å². The molecule has 0 aliphatic heterocycles. The lowest BCUT2D eigenvalue weighted by atomic mass is 10.1. The summed E-state index contributed by atoms with van der Waals surface area (Å²) < 4.78 is 32.5. The van der Waals surface area contributed by atoms with E-state index in [4.69, 9.17) is 24.8 Å². The lowest BCUT2D eigenvalue weighted by Crippen LogP contribution is -2.34. The van der Waals surface area contributed by atoms with Crippen LogP contribution in [0.4, 0.5) is 0 Å². The Morgan fingerprint density at radius 1 is 0.600 bits per heavy atom. The maximum Gasteiger partial charge on any atom is 0.472 e. The second-order valence-electron chi connectivity index (χ2n) is 13.1. The molecule has 0 saturated heterocycles. The van der Waals surface area contributed by atoms with Crippen LogP contribution in [0.25, 0.3) is 0 Å². The minimum atomic E-state index is -4.71. The van der Waals surface area contributed by atoms with Crippen LogP contribution < -0.4 is 5.73 Å². The third kappa shape index (κ3) is 33.1. The van der Waals surface area contributed by atoms with Crippen LogP contribution in [0.1, 0.15) is 168 Å². The predicted octanol–water partition coefficient (Wildman–Crippen LogP) is 9.50. The monoisotopic (exact) mass is 731 g/mol. The Morgan fingerprint density at radius 3 is 1.52 bits per heavy atom. The van der Waals surface area contributed by atoms with Gasteiger partial charge in [-0.1, -0.05) is 122 Å². The van der Waals surface area contributed by atoms with Crippen molar-refractivity contribution < 1.29 is 47.5 Å². The minimum Gasteiger partial charge on any atom is -0.480 e. The number of nitrogens with two attached hydrogens (primary N) is 1. The van der Waals surface area contributed by atoms with Crippen molar-refractivity contribution in [1.29, 1.82) is 0 Å². The molecular weight excluding hydrogens is 661 g/mol. The largest absolute Gasteiger partial charge is 0.480 e. The number of unbranched alkanes of at least 4 members (excludes halogenated alkanes) is 18. The molecule has 12 heteroatoms. The Labute approximate surface area is 302 Å². The number of carboxylic acid groups (broad SMARTS) is 1. The highest BCUT2D eigenvalue weighted by Gasteiger charge is 2.28. The van der Waals surface area contributed by atoms with E-state index in [1.807, 2.05) is 0 Å². The molecule has 3 atom stereocenters. The van der Waals surface area contributed by atoms with Crippen molar-refractivity contribution in [2.75, 3.05) is 19.8 Å². The van der Waals surface area contributed by atoms with E-state index in [0.717, 1.165) is 64.2 Å². The Balaban J connectivity index is 4.42. The molecular formula is C38H70NO10P. The molecule has 0 aromatic rings. The molecule has 0 heterocycles. The number of phosphoric ester groups is 1. The maximum atomic E-state index is 12.5. The lowest BCUT2D eigenvalue weighted by Gasteiger charge is -2.20. The number of esters is 2. The summed E-state index contributed by atoms with van der Waals surface area (Å²) in [5, 5.41) is 8.85. The first-order valence-corrected chi connectivity index (χ1v) is 20.9. The van der Waals surface area contributed by atoms with E-state index < -0.39 is 51.1 Å². The standard InChI is InChI=1S/C38H70NO10P/c1-3-5-7-9-11-13-15-16-17-18-20-21-23-25-27-29-36(40)46-31-34(32-47-50(44,45)48-33-35(39)38(42)43)49-37(41)30-28-26-24-22-19-14-12-10-8-6-4-2/h10,12-13,15,34-35H,3-9,11,14,16-33,39H2,1-2H3,(H,42,43)(H,44,45)/b12-10+,15-13+/t34-,35+/m1/s1. The first-order chi connectivity index (χ1) is 24.1. The van der Waals surface area contributed by atoms with E-state index in [0.29, 0.717) is 12.8 Å². The molecule has 0 fully saturated rings. The summed E-state index contributed by atoms with van der Waals surface area (Å²) in [5.41, 5.74) is 5.31. The van der Waals surface area contributed by atoms with Gasteiger partial charge in [0.25, 0.3) is 0 Å². The second-order valence-corrected chi connectivity index (χ2v) is 14.5. The normalized spacial score (nSPS) is 14.2. The molecule has 4 N–H and O–H groups in total. The maximum absolute atomic E-state index is 12.5. The van der Waals surface area contributed by atoms with Crippen LogP contribution in [0.3, 0.4) is 0 Å². The molecule has 0 aliphatic rings. The number of hydrogen-bond donors (Lipinski definition) is 3. The zero-order valence-electron chi connectivity index (χ0n) is 31.2. The van der Waals surface area contributed by atoms with Gasteiger partial charge in [-0.15, -0.1) is 0 Å². The molecule has 0 spiro atoms. The van der Waals surface area contributed by atoms with Crippen molar-refractivity contribution in [2.45, 2.75) is 180 Å². The van der Waals surface area contributed by atoms with E-state index >= 15 is 0 Å². The molecule has 0 aliphatic carbocycles. The Bertz CT molecular complexity index is 958. The minimum absolute atomic E-state index is 0.151. The third-order valence-electron chi connectivity index (χ3n) is 8.17. The van der Waals surface area contributed by atoms with Crippen molar-refractivity contribution in [3.05, 3.63) is 24.3 Å². The smallest absolute Gasteiger partial charge is 0.472 e. The van der Waals surface area contributed by atoms with Crippen LogP contribution >= 0.6 is 7.82 Å². The number of rotatable bonds is 36. The number of carbonyl (C=O) groups excluding carboxylic acids is 2. The summed E-state index contributed by atoms with van der Waals surface area (Å²) in [4.78, 5) is 45.7. The fourth-order valence-electron chi connectivity index (χ4n) is 5.04. The first kappa shape index (κ1) is 48.0. The molecule has 50 heavy (non-hydrogen) atoms. The van der Waals surface area contributed by atoms with Crippen molar-refractivity contribution in [3.63, 3.8) is 0 Å². The van der Waals surface area contributed by atoms with Crippen LogP contribution in [-0.4, -0.2) is 59.9 Å². The van der Waals surface area contributed by atoms with Gasteiger partial charge in [0, 0.05) is 12.8 Å². The summed E-state index contributed by atoms with van der Waals surface area (Å²) >= 11 is 0. The van der Waals surface area contributed by atoms with Crippen molar-refractivity contribution in [2.24, 2.45) is 5.73 Å². The molecule has 0 bridgehead atoms. The summed E-state index contributed by atoms with van der Waals surface area (Å²) in [6.45, 7) is 2.72. The van der Waals surface area contributed by atoms with Crippen LogP contribution in [-0.2, 0) is 37.5 Å². The molecule has 0 amide bonds. The molecule has 11 nitrogen and oxygen atoms in total. The van der Waals surface area contributed by atoms with E-state index in [1.54, 1.807) is 0 Å². The molecule has 0 saturated carbocycles. The van der Waals surface area contributed by atoms with E-state index in [-0.39, 0.29) is 19.4 Å². The molecule has 292 valence electrons. The molecule has 0 aromatic carbocycles. The van der Waals surface area contributed by atoms with Crippen LogP contribution in [0.2, 0.25) is 0 Å². The highest BCUT2D eigenvalue weighted by Crippen LogP contribution is 2.43. The number of allylic oxidation sites excluding steroid dienone is 4. The fraction of sp³-hybridized carbons (Fsp3) is 0.816. The van der Waals surface area contributed by atoms with Gasteiger partial charge in [-0.2, -0.15) is 0 Å². The van der Waals surface area contributed by atoms with Gasteiger partial charge >= 0.3 is 25.7 Å². The summed E-state index contributed by atoms with van der Waals surface area (Å²) in [5.74, 6) is -2.40. The summed E-state index contributed by atoms with van der Waals surface area (Å²) in [6.07, 6.45) is 32.5. The topological polar surface area (TPSA) is 172 Å². The van der Waals surface area contributed by atoms with Crippen molar-refractivity contribution >= 4 is 25.7 Å². The average molecular weight is 732 g/mol. The lowest BCUT2D eigenvalue weighted by molar-refractivity contribution is -0.161. The summed E-state index contributed by atoms with van der Waals surface area (Å²) in [7, 11) is -4.71. The number of carboxylic acids is 1. The highest BCUT2D eigenvalue weighted by molar-refractivity contribution is 7.47. The van der Waals surface area contributed by atoms with Crippen LogP contribution in [0, 0.1) is 0 Å². The zero-order chi connectivity index (χ0) is 37.1. The van der Waals surface area contributed by atoms with Crippen molar-refractivity contribution in [1.82, 2.24) is 0 Å². The van der Waals surface area contributed by atoms with Gasteiger partial charge in [0.05, 0.1) is 13.2 Å². The van der Waals surface area contributed by atoms with Gasteiger partial charge < -0.3 is 25.2 Å². The predicted molar refractivity (Wildman–Crippen MR) is 199 cm³/mol. The number of carbonyl (C=O) groups is 3. The number of ether oxygens (including phenoxy) is 2. The third-order valence-corrected chi connectivity index (χ3v) is 9.12. The van der Waals surface area contributed by atoms with E-state index in [1.165, 1.54) is 64.2 Å². The average Bonchev–Trinajstić information content (AvgIpc) is 3.09. The van der Waals surface area contributed by atoms with Gasteiger partial charge in [0.2, 0.25) is 0 Å². The Hall–Kier alpha value is -2.04. The SMILES string of the molecule is CCCC/C=C/CCCCCCCC(=O)O[C@H](COC(=O)CCCCCCCCC/C=C/CCCCCC)COP(=O)(O)OC[C@H](N)C(=O)O. The Kier molecular flexibility index (Phi) is 32.7. The quantitative estimate of drug-likeness (QED) is 0.0242. The molecule has 0 rings (SSSR count). The van der Waals surface area contributed by atoms with Crippen LogP contribution in [0.15, 0.2) is 24.3 Å². The second kappa shape index (κ2) is 34.1. The van der Waals surface area contributed by atoms with Gasteiger partial charge in [0.1, 0.15) is 12.6 Å². The zero-order valence-corrected chi connectivity index (χ0v) is 32.1. The number of phosphoric acid groups is 1. The molecule has 1 unspecified atom stereocenters. The van der Waals surface area contributed by atoms with Gasteiger partial charge in [-0.25, -0.2) is 4.57 Å². The Morgan fingerprint density at radius 2 is 1.02 bits per heavy atom. The van der Waals surface area contributed by atoms with Gasteiger partial charge in [0.15, 0.2) is 6.10 Å². The van der Waals surface area contributed by atoms with Gasteiger partial charge in [-0.05, 0) is 57.8 Å². The van der Waals surface area contributed by atoms with E-state index in [2.05, 4.69) is 42.7 Å². The highest BCUT2D eigenvalue weighted by atomic mass is 31.2. The van der Waals surface area contributed by atoms with E-state index in [9.17, 15) is 23.8 Å². The fourth-order valence-corrected chi connectivity index (χ4v) is 5.82. The number of hydrogen-bond acceptors (Lipinski definition) is 9.